The number of nitrogens with zero attached hydrogens (tertiary/aromatic N) is 2. The van der Waals surface area contributed by atoms with E-state index in [4.69, 9.17) is 4.74 Å². The van der Waals surface area contributed by atoms with Crippen LogP contribution >= 0.6 is 0 Å². The van der Waals surface area contributed by atoms with Crippen molar-refractivity contribution in [3.8, 4) is 5.75 Å². The van der Waals surface area contributed by atoms with Crippen molar-refractivity contribution in [2.24, 2.45) is 0 Å². The fourth-order valence-electron chi connectivity index (χ4n) is 3.05. The van der Waals surface area contributed by atoms with E-state index in [0.717, 1.165) is 19.2 Å². The van der Waals surface area contributed by atoms with Crippen LogP contribution in [0.25, 0.3) is 0 Å². The predicted octanol–water partition coefficient (Wildman–Crippen LogP) is 2.15. The maximum atomic E-state index is 12.5. The van der Waals surface area contributed by atoms with Crippen molar-refractivity contribution in [3.63, 3.8) is 0 Å². The van der Waals surface area contributed by atoms with E-state index in [1.165, 1.54) is 38.5 Å². The second-order valence-electron chi connectivity index (χ2n) is 6.22. The Morgan fingerprint density at radius 2 is 2.16 bits per heavy atom. The summed E-state index contributed by atoms with van der Waals surface area (Å²) in [6.45, 7) is 4.34. The molecule has 9 heteroatoms. The zero-order valence-electron chi connectivity index (χ0n) is 14.6. The van der Waals surface area contributed by atoms with Crippen LogP contribution in [-0.4, -0.2) is 51.0 Å². The highest BCUT2D eigenvalue weighted by Gasteiger charge is 2.23. The van der Waals surface area contributed by atoms with Gasteiger partial charge in [0.05, 0.1) is 12.0 Å². The van der Waals surface area contributed by atoms with Gasteiger partial charge in [-0.05, 0) is 45.3 Å². The Hall–Kier alpha value is -1.71. The minimum Gasteiger partial charge on any atom is -0.495 e. The molecule has 140 valence electrons. The van der Waals surface area contributed by atoms with Gasteiger partial charge in [0.1, 0.15) is 10.6 Å². The smallest absolute Gasteiger partial charge is 0.271 e. The number of hydrogen-bond acceptors (Lipinski definition) is 6. The number of likely N-dealkylation sites (tertiary alicyclic amines) is 1. The monoisotopic (exact) mass is 371 g/mol. The maximum absolute atomic E-state index is 12.5. The fraction of sp³-hybridized carbons (Fsp3) is 0.625. The Balaban J connectivity index is 1.99. The normalized spacial score (nSPS) is 18.9. The van der Waals surface area contributed by atoms with Gasteiger partial charge >= 0.3 is 0 Å². The lowest BCUT2D eigenvalue weighted by molar-refractivity contribution is -0.385. The molecule has 1 aliphatic heterocycles. The number of ether oxygens (including phenoxy) is 1. The summed E-state index contributed by atoms with van der Waals surface area (Å²) in [6, 6.07) is 4.06. The van der Waals surface area contributed by atoms with Gasteiger partial charge in [0.2, 0.25) is 10.0 Å². The third kappa shape index (κ3) is 5.13. The van der Waals surface area contributed by atoms with Crippen LogP contribution in [0.1, 0.15) is 32.6 Å². The first-order valence-electron chi connectivity index (χ1n) is 8.41. The Morgan fingerprint density at radius 1 is 1.40 bits per heavy atom. The van der Waals surface area contributed by atoms with Crippen LogP contribution in [0, 0.1) is 10.1 Å². The standard InChI is InChI=1S/C16H25N3O5S/c1-13-6-3-4-10-18(13)11-5-9-17-25(22,23)16-12-14(19(20)21)7-8-15(16)24-2/h7-8,12-13,17H,3-6,9-11H2,1-2H3. The molecule has 0 radical (unpaired) electrons. The summed E-state index contributed by atoms with van der Waals surface area (Å²) in [5.74, 6) is 0.0859. The van der Waals surface area contributed by atoms with Crippen LogP contribution in [0.2, 0.25) is 0 Å². The number of hydrogen-bond donors (Lipinski definition) is 1. The molecule has 1 atom stereocenters. The van der Waals surface area contributed by atoms with E-state index in [1.54, 1.807) is 0 Å². The number of non-ortho nitro benzene ring substituents is 1. The fourth-order valence-corrected chi connectivity index (χ4v) is 4.31. The van der Waals surface area contributed by atoms with Crippen LogP contribution in [0.4, 0.5) is 5.69 Å². The quantitative estimate of drug-likeness (QED) is 0.427. The first-order valence-corrected chi connectivity index (χ1v) is 9.89. The predicted molar refractivity (Wildman–Crippen MR) is 94.3 cm³/mol. The van der Waals surface area contributed by atoms with Crippen molar-refractivity contribution in [1.82, 2.24) is 9.62 Å². The molecule has 1 aromatic rings. The molecule has 1 heterocycles. The Labute approximate surface area is 148 Å². The average Bonchev–Trinajstić information content (AvgIpc) is 2.59. The van der Waals surface area contributed by atoms with Crippen LogP contribution in [-0.2, 0) is 10.0 Å². The molecule has 1 N–H and O–H groups in total. The highest BCUT2D eigenvalue weighted by molar-refractivity contribution is 7.89. The molecule has 1 saturated heterocycles. The zero-order chi connectivity index (χ0) is 18.4. The SMILES string of the molecule is COc1ccc([N+](=O)[O-])cc1S(=O)(=O)NCCCN1CCCCC1C. The third-order valence-electron chi connectivity index (χ3n) is 4.50. The second kappa shape index (κ2) is 8.59. The number of nitro groups is 1. The molecule has 8 nitrogen and oxygen atoms in total. The van der Waals surface area contributed by atoms with Crippen LogP contribution < -0.4 is 9.46 Å². The van der Waals surface area contributed by atoms with Crippen LogP contribution in [0.3, 0.4) is 0 Å². The van der Waals surface area contributed by atoms with Gasteiger partial charge in [0.15, 0.2) is 0 Å². The molecular formula is C16H25N3O5S. The first-order chi connectivity index (χ1) is 11.8. The molecule has 0 amide bonds. The summed E-state index contributed by atoms with van der Waals surface area (Å²) in [6.07, 6.45) is 4.29. The van der Waals surface area contributed by atoms with E-state index in [0.29, 0.717) is 12.5 Å². The lowest BCUT2D eigenvalue weighted by Crippen LogP contribution is -2.39. The number of piperidine rings is 1. The molecule has 0 bridgehead atoms. The molecule has 0 aliphatic carbocycles. The average molecular weight is 371 g/mol. The number of rotatable bonds is 8. The second-order valence-corrected chi connectivity index (χ2v) is 7.96. The summed E-state index contributed by atoms with van der Waals surface area (Å²) in [7, 11) is -2.54. The largest absolute Gasteiger partial charge is 0.495 e. The Morgan fingerprint density at radius 3 is 2.80 bits per heavy atom. The van der Waals surface area contributed by atoms with E-state index >= 15 is 0 Å². The number of sulfonamides is 1. The minimum absolute atomic E-state index is 0.0859. The van der Waals surface area contributed by atoms with Crippen molar-refractivity contribution in [1.29, 1.82) is 0 Å². The van der Waals surface area contributed by atoms with Gasteiger partial charge in [-0.1, -0.05) is 6.42 Å². The van der Waals surface area contributed by atoms with E-state index < -0.39 is 14.9 Å². The number of nitro benzene ring substituents is 1. The molecule has 2 rings (SSSR count). The highest BCUT2D eigenvalue weighted by atomic mass is 32.2. The Kier molecular flexibility index (Phi) is 6.74. The van der Waals surface area contributed by atoms with Gasteiger partial charge in [-0.3, -0.25) is 10.1 Å². The van der Waals surface area contributed by atoms with Gasteiger partial charge in [-0.15, -0.1) is 0 Å². The lowest BCUT2D eigenvalue weighted by atomic mass is 10.0. The lowest BCUT2D eigenvalue weighted by Gasteiger charge is -2.33. The molecule has 0 saturated carbocycles. The molecule has 25 heavy (non-hydrogen) atoms. The molecule has 1 unspecified atom stereocenters. The van der Waals surface area contributed by atoms with Gasteiger partial charge < -0.3 is 9.64 Å². The first kappa shape index (κ1) is 19.6. The van der Waals surface area contributed by atoms with E-state index in [-0.39, 0.29) is 22.9 Å². The molecule has 1 fully saturated rings. The maximum Gasteiger partial charge on any atom is 0.271 e. The summed E-state index contributed by atoms with van der Waals surface area (Å²) < 4.78 is 32.5. The van der Waals surface area contributed by atoms with Gasteiger partial charge in [0.25, 0.3) is 5.69 Å². The van der Waals surface area contributed by atoms with Crippen LogP contribution in [0.15, 0.2) is 23.1 Å². The van der Waals surface area contributed by atoms with Crippen molar-refractivity contribution in [2.45, 2.75) is 43.5 Å². The molecule has 0 spiro atoms. The Bertz CT molecular complexity index is 708. The number of methoxy groups -OCH3 is 1. The highest BCUT2D eigenvalue weighted by Crippen LogP contribution is 2.28. The van der Waals surface area contributed by atoms with E-state index in [1.807, 2.05) is 0 Å². The molecule has 1 aromatic carbocycles. The molecular weight excluding hydrogens is 346 g/mol. The third-order valence-corrected chi connectivity index (χ3v) is 5.98. The summed E-state index contributed by atoms with van der Waals surface area (Å²) in [5.41, 5.74) is -0.289. The van der Waals surface area contributed by atoms with Gasteiger partial charge in [-0.25, -0.2) is 13.1 Å². The van der Waals surface area contributed by atoms with E-state index in [9.17, 15) is 18.5 Å². The van der Waals surface area contributed by atoms with Crippen molar-refractivity contribution in [2.75, 3.05) is 26.7 Å². The summed E-state index contributed by atoms with van der Waals surface area (Å²) in [4.78, 5) is 12.4. The van der Waals surface area contributed by atoms with Crippen LogP contribution in [0.5, 0.6) is 5.75 Å². The topological polar surface area (TPSA) is 102 Å². The molecule has 0 aromatic heterocycles. The van der Waals surface area contributed by atoms with Gasteiger partial charge in [-0.2, -0.15) is 0 Å². The zero-order valence-corrected chi connectivity index (χ0v) is 15.4. The van der Waals surface area contributed by atoms with Crippen molar-refractivity contribution >= 4 is 15.7 Å². The minimum atomic E-state index is -3.87. The summed E-state index contributed by atoms with van der Waals surface area (Å²) >= 11 is 0. The number of benzene rings is 1. The van der Waals surface area contributed by atoms with Gasteiger partial charge in [0, 0.05) is 24.7 Å². The molecule has 1 aliphatic rings. The number of nitrogens with one attached hydrogen (secondary N) is 1. The van der Waals surface area contributed by atoms with Crippen molar-refractivity contribution < 1.29 is 18.1 Å². The summed E-state index contributed by atoms with van der Waals surface area (Å²) in [5, 5.41) is 10.9. The van der Waals surface area contributed by atoms with E-state index in [2.05, 4.69) is 16.5 Å². The van der Waals surface area contributed by atoms with Crippen molar-refractivity contribution in [3.05, 3.63) is 28.3 Å².